The molecule has 0 aromatic heterocycles. The second-order valence-electron chi connectivity index (χ2n) is 4.71. The van der Waals surface area contributed by atoms with Gasteiger partial charge in [-0.25, -0.2) is 0 Å². The number of hydrazine groups is 1. The van der Waals surface area contributed by atoms with Gasteiger partial charge in [-0.05, 0) is 48.8 Å². The maximum Gasteiger partial charge on any atom is 0.269 e. The van der Waals surface area contributed by atoms with E-state index in [1.54, 1.807) is 31.3 Å². The first-order valence-electron chi connectivity index (χ1n) is 6.54. The van der Waals surface area contributed by atoms with Crippen LogP contribution in [-0.2, 0) is 0 Å². The van der Waals surface area contributed by atoms with Crippen LogP contribution in [0.1, 0.15) is 30.6 Å². The van der Waals surface area contributed by atoms with Gasteiger partial charge in [-0.15, -0.1) is 0 Å². The summed E-state index contributed by atoms with van der Waals surface area (Å²) in [5.41, 5.74) is 5.61. The first kappa shape index (κ1) is 16.2. The normalized spacial score (nSPS) is 10.0. The van der Waals surface area contributed by atoms with Crippen LogP contribution in [0.5, 0.6) is 5.75 Å². The minimum absolute atomic E-state index is 0.253. The number of carbonyl (C=O) groups excluding carboxylic acids is 1. The lowest BCUT2D eigenvalue weighted by Crippen LogP contribution is -2.45. The highest BCUT2D eigenvalue weighted by Gasteiger charge is 2.05. The van der Waals surface area contributed by atoms with Crippen LogP contribution in [-0.4, -0.2) is 24.7 Å². The molecule has 0 heterocycles. The number of benzene rings is 1. The molecular formula is C14H21N3O2S. The van der Waals surface area contributed by atoms with Gasteiger partial charge in [0.2, 0.25) is 0 Å². The zero-order valence-corrected chi connectivity index (χ0v) is 12.8. The number of ether oxygens (including phenoxy) is 1. The molecule has 1 aromatic rings. The van der Waals surface area contributed by atoms with Gasteiger partial charge in [0.1, 0.15) is 5.75 Å². The third-order valence-electron chi connectivity index (χ3n) is 2.60. The lowest BCUT2D eigenvalue weighted by Gasteiger charge is -2.10. The summed E-state index contributed by atoms with van der Waals surface area (Å²) in [5.74, 6) is 1.12. The Balaban J connectivity index is 2.45. The van der Waals surface area contributed by atoms with Crippen molar-refractivity contribution in [2.24, 2.45) is 5.92 Å². The first-order chi connectivity index (χ1) is 9.52. The van der Waals surface area contributed by atoms with E-state index in [1.165, 1.54) is 0 Å². The van der Waals surface area contributed by atoms with Gasteiger partial charge in [0.25, 0.3) is 5.91 Å². The summed E-state index contributed by atoms with van der Waals surface area (Å²) in [5, 5.41) is 3.05. The summed E-state index contributed by atoms with van der Waals surface area (Å²) in [4.78, 5) is 11.8. The lowest BCUT2D eigenvalue weighted by molar-refractivity contribution is 0.0943. The maximum atomic E-state index is 11.8. The Hall–Kier alpha value is -1.82. The van der Waals surface area contributed by atoms with Crippen molar-refractivity contribution in [3.05, 3.63) is 29.8 Å². The van der Waals surface area contributed by atoms with E-state index in [-0.39, 0.29) is 5.91 Å². The Morgan fingerprint density at radius 1 is 1.25 bits per heavy atom. The molecule has 1 rings (SSSR count). The van der Waals surface area contributed by atoms with Crippen LogP contribution in [0.4, 0.5) is 0 Å². The molecule has 0 radical (unpaired) electrons. The highest BCUT2D eigenvalue weighted by molar-refractivity contribution is 7.80. The zero-order valence-electron chi connectivity index (χ0n) is 12.0. The Morgan fingerprint density at radius 2 is 1.90 bits per heavy atom. The van der Waals surface area contributed by atoms with Crippen LogP contribution in [0.15, 0.2) is 24.3 Å². The van der Waals surface area contributed by atoms with Crippen molar-refractivity contribution >= 4 is 23.2 Å². The van der Waals surface area contributed by atoms with Crippen molar-refractivity contribution in [2.45, 2.75) is 20.3 Å². The Labute approximate surface area is 125 Å². The van der Waals surface area contributed by atoms with Gasteiger partial charge in [0, 0.05) is 12.6 Å². The quantitative estimate of drug-likeness (QED) is 0.571. The number of thiocarbonyl (C=S) groups is 1. The molecule has 0 saturated carbocycles. The topological polar surface area (TPSA) is 62.4 Å². The summed E-state index contributed by atoms with van der Waals surface area (Å²) in [6.07, 6.45) is 1.01. The molecule has 0 saturated heterocycles. The van der Waals surface area contributed by atoms with Crippen LogP contribution < -0.4 is 20.9 Å². The molecule has 0 bridgehead atoms. The summed E-state index contributed by atoms with van der Waals surface area (Å²) in [7, 11) is 1.67. The number of nitrogens with one attached hydrogen (secondary N) is 3. The van der Waals surface area contributed by atoms with E-state index in [2.05, 4.69) is 30.0 Å². The minimum Gasteiger partial charge on any atom is -0.494 e. The molecule has 0 fully saturated rings. The van der Waals surface area contributed by atoms with Gasteiger partial charge in [-0.3, -0.25) is 15.6 Å². The van der Waals surface area contributed by atoms with Crippen molar-refractivity contribution in [3.63, 3.8) is 0 Å². The van der Waals surface area contributed by atoms with E-state index in [9.17, 15) is 4.79 Å². The predicted octanol–water partition coefficient (Wildman–Crippen LogP) is 1.85. The predicted molar refractivity (Wildman–Crippen MR) is 83.7 cm³/mol. The highest BCUT2D eigenvalue weighted by Crippen LogP contribution is 2.13. The molecular weight excluding hydrogens is 274 g/mol. The number of hydrogen-bond acceptors (Lipinski definition) is 3. The fourth-order valence-corrected chi connectivity index (χ4v) is 1.41. The molecule has 0 aliphatic heterocycles. The molecule has 0 unspecified atom stereocenters. The average Bonchev–Trinajstić information content (AvgIpc) is 2.44. The van der Waals surface area contributed by atoms with E-state index >= 15 is 0 Å². The lowest BCUT2D eigenvalue weighted by atomic mass is 10.1. The molecule has 110 valence electrons. The van der Waals surface area contributed by atoms with Gasteiger partial charge < -0.3 is 10.1 Å². The van der Waals surface area contributed by atoms with Crippen LogP contribution in [0, 0.1) is 5.92 Å². The summed E-state index contributed by atoms with van der Waals surface area (Å²) in [6, 6.07) is 6.99. The van der Waals surface area contributed by atoms with E-state index in [1.807, 2.05) is 0 Å². The van der Waals surface area contributed by atoms with Crippen LogP contribution in [0.2, 0.25) is 0 Å². The van der Waals surface area contributed by atoms with Crippen LogP contribution in [0.3, 0.4) is 0 Å². The third-order valence-corrected chi connectivity index (χ3v) is 2.90. The Bertz CT molecular complexity index is 446. The number of carbonyl (C=O) groups is 1. The number of hydrogen-bond donors (Lipinski definition) is 3. The van der Waals surface area contributed by atoms with E-state index in [0.29, 0.717) is 23.2 Å². The van der Waals surface area contributed by atoms with E-state index in [4.69, 9.17) is 17.0 Å². The fraction of sp³-hybridized carbons (Fsp3) is 0.429. The van der Waals surface area contributed by atoms with Crippen LogP contribution >= 0.6 is 12.2 Å². The molecule has 20 heavy (non-hydrogen) atoms. The summed E-state index contributed by atoms with van der Waals surface area (Å²) in [6.45, 7) is 4.99. The SMILES string of the molecule is CNC(=S)NNC(=O)c1ccc(OCCC(C)C)cc1. The molecule has 0 aliphatic rings. The van der Waals surface area contributed by atoms with Crippen LogP contribution in [0.25, 0.3) is 0 Å². The number of amides is 1. The molecule has 1 amide bonds. The second kappa shape index (κ2) is 8.37. The Kier molecular flexibility index (Phi) is 6.79. The average molecular weight is 295 g/mol. The fourth-order valence-electron chi connectivity index (χ4n) is 1.36. The first-order valence-corrected chi connectivity index (χ1v) is 6.94. The van der Waals surface area contributed by atoms with Crippen molar-refractivity contribution in [3.8, 4) is 5.75 Å². The van der Waals surface area contributed by atoms with Gasteiger partial charge in [0.05, 0.1) is 6.61 Å². The zero-order chi connectivity index (χ0) is 15.0. The molecule has 0 atom stereocenters. The van der Waals surface area contributed by atoms with Gasteiger partial charge in [0.15, 0.2) is 5.11 Å². The molecule has 3 N–H and O–H groups in total. The van der Waals surface area contributed by atoms with Gasteiger partial charge in [-0.2, -0.15) is 0 Å². The van der Waals surface area contributed by atoms with Crippen molar-refractivity contribution in [2.75, 3.05) is 13.7 Å². The largest absolute Gasteiger partial charge is 0.494 e. The van der Waals surface area contributed by atoms with Gasteiger partial charge in [-0.1, -0.05) is 13.8 Å². The smallest absolute Gasteiger partial charge is 0.269 e. The van der Waals surface area contributed by atoms with E-state index < -0.39 is 0 Å². The van der Waals surface area contributed by atoms with Crippen molar-refractivity contribution in [1.82, 2.24) is 16.2 Å². The third kappa shape index (κ3) is 5.88. The second-order valence-corrected chi connectivity index (χ2v) is 5.12. The number of rotatable bonds is 5. The molecule has 0 spiro atoms. The minimum atomic E-state index is -0.253. The molecule has 5 nitrogen and oxygen atoms in total. The van der Waals surface area contributed by atoms with Gasteiger partial charge >= 0.3 is 0 Å². The summed E-state index contributed by atoms with van der Waals surface area (Å²) >= 11 is 4.86. The molecule has 6 heteroatoms. The summed E-state index contributed by atoms with van der Waals surface area (Å²) < 4.78 is 5.59. The monoisotopic (exact) mass is 295 g/mol. The maximum absolute atomic E-state index is 11.8. The standard InChI is InChI=1S/C14H21N3O2S/c1-10(2)8-9-19-12-6-4-11(5-7-12)13(18)16-17-14(20)15-3/h4-7,10H,8-9H2,1-3H3,(H,16,18)(H2,15,17,20). The Morgan fingerprint density at radius 3 is 2.45 bits per heavy atom. The van der Waals surface area contributed by atoms with Crippen molar-refractivity contribution < 1.29 is 9.53 Å². The van der Waals surface area contributed by atoms with Crippen molar-refractivity contribution in [1.29, 1.82) is 0 Å². The van der Waals surface area contributed by atoms with E-state index in [0.717, 1.165) is 12.2 Å². The molecule has 0 aliphatic carbocycles. The highest BCUT2D eigenvalue weighted by atomic mass is 32.1. The molecule has 1 aromatic carbocycles.